The lowest BCUT2D eigenvalue weighted by molar-refractivity contribution is 0.590. The summed E-state index contributed by atoms with van der Waals surface area (Å²) in [7, 11) is 67.7. The van der Waals surface area contributed by atoms with Crippen molar-refractivity contribution in [2.75, 3.05) is 9.80 Å². The zero-order chi connectivity index (χ0) is 68.0. The molecule has 0 amide bonds. The first-order chi connectivity index (χ1) is 45.4. The van der Waals surface area contributed by atoms with Crippen molar-refractivity contribution in [2.24, 2.45) is 0 Å². The fourth-order valence-electron chi connectivity index (χ4n) is 15.0. The van der Waals surface area contributed by atoms with Crippen LogP contribution in [0.4, 0.5) is 34.1 Å². The fourth-order valence-corrected chi connectivity index (χ4v) is 15.0. The minimum absolute atomic E-state index is 0.162. The number of anilines is 6. The first-order valence-corrected chi connectivity index (χ1v) is 32.8. The van der Waals surface area contributed by atoms with Gasteiger partial charge in [0.2, 0.25) is 0 Å². The van der Waals surface area contributed by atoms with Crippen LogP contribution in [0.15, 0.2) is 170 Å². The number of hydrogen-bond donors (Lipinski definition) is 0. The van der Waals surface area contributed by atoms with Gasteiger partial charge in [-0.15, -0.1) is 32.8 Å². The predicted octanol–water partition coefficient (Wildman–Crippen LogP) is 11.4. The molecule has 0 aliphatic carbocycles. The molecule has 0 aliphatic heterocycles. The highest BCUT2D eigenvalue weighted by atomic mass is 15.2. The molecule has 0 spiro atoms. The van der Waals surface area contributed by atoms with E-state index >= 15 is 0 Å². The fraction of sp³-hybridized carbons (Fsp3) is 0.195. The molecule has 0 atom stereocenters. The maximum Gasteiger partial charge on any atom is 0.113 e. The Bertz CT molecular complexity index is 5380. The van der Waals surface area contributed by atoms with Gasteiger partial charge in [0.15, 0.2) is 0 Å². The Morgan fingerprint density at radius 1 is 0.260 bits per heavy atom. The van der Waals surface area contributed by atoms with E-state index in [4.69, 9.17) is 78.5 Å². The lowest BCUT2D eigenvalue weighted by Crippen LogP contribution is -2.55. The van der Waals surface area contributed by atoms with Crippen LogP contribution in [0.5, 0.6) is 0 Å². The number of fused-ring (bicyclic) bond motifs is 12. The van der Waals surface area contributed by atoms with Crippen LogP contribution in [0.3, 0.4) is 0 Å². The Hall–Kier alpha value is -8.73. The highest BCUT2D eigenvalue weighted by Crippen LogP contribution is 2.54. The third kappa shape index (κ3) is 9.44. The summed E-state index contributed by atoms with van der Waals surface area (Å²) >= 11 is 0. The molecule has 11 aromatic carbocycles. The van der Waals surface area contributed by atoms with E-state index in [2.05, 4.69) is 235 Å². The maximum absolute atomic E-state index is 7.01. The lowest BCUT2D eigenvalue weighted by Gasteiger charge is -2.32. The van der Waals surface area contributed by atoms with Crippen LogP contribution < -0.4 is 64.4 Å². The summed E-state index contributed by atoms with van der Waals surface area (Å²) < 4.78 is 5.00. The Kier molecular flexibility index (Phi) is 14.4. The van der Waals surface area contributed by atoms with Crippen LogP contribution >= 0.6 is 0 Å². The average Bonchev–Trinajstić information content (AvgIpc) is 1.51. The van der Waals surface area contributed by atoms with E-state index in [1.807, 2.05) is 36.4 Å². The first-order valence-electron chi connectivity index (χ1n) is 32.8. The number of benzene rings is 11. The monoisotopic (exact) mass is 1210 g/mol. The van der Waals surface area contributed by atoms with E-state index < -0.39 is 0 Å². The molecule has 96 heavy (non-hydrogen) atoms. The van der Waals surface area contributed by atoms with Crippen LogP contribution in [0.2, 0.25) is 0 Å². The number of rotatable bonds is 8. The highest BCUT2D eigenvalue weighted by molar-refractivity contribution is 6.70. The number of aromatic nitrogens is 2. The van der Waals surface area contributed by atoms with Gasteiger partial charge in [0.05, 0.1) is 55.8 Å². The minimum Gasteiger partial charge on any atom is -0.309 e. The van der Waals surface area contributed by atoms with Crippen LogP contribution in [-0.2, 0) is 21.7 Å². The lowest BCUT2D eigenvalue weighted by atomic mass is 9.59. The van der Waals surface area contributed by atoms with Crippen molar-refractivity contribution in [2.45, 2.75) is 105 Å². The molecule has 0 bridgehead atoms. The van der Waals surface area contributed by atoms with E-state index in [1.54, 1.807) is 0 Å². The Morgan fingerprint density at radius 3 is 0.927 bits per heavy atom. The van der Waals surface area contributed by atoms with Crippen LogP contribution in [0.25, 0.3) is 98.4 Å². The molecule has 4 aromatic heterocycles. The second-order valence-electron chi connectivity index (χ2n) is 30.4. The van der Waals surface area contributed by atoms with E-state index in [9.17, 15) is 0 Å². The van der Waals surface area contributed by atoms with E-state index in [0.717, 1.165) is 121 Å². The van der Waals surface area contributed by atoms with Gasteiger partial charge in [0, 0.05) is 65.6 Å². The summed E-state index contributed by atoms with van der Waals surface area (Å²) in [4.78, 5) is 4.71. The SMILES string of the molecule is [B]c1c([B])c([B])c(-c2ccccc2N(c2cccc(C(C)(C)C)c2)c2ccc3c4cc5c(cc4n4c6ccc(C(C)(C)C)cc6c2c34)c2ccc(N(c3cccc(C(C)(C)C)c3)c3ccccc3-c3c([B])c([B])c([B])c([B])c3[B])c3c4cc(C(C)(C)C)ccc4n5c23)c([B])c1[B]. The van der Waals surface area contributed by atoms with E-state index in [-0.39, 0.29) is 76.3 Å². The quantitative estimate of drug-likeness (QED) is 0.141. The second kappa shape index (κ2) is 21.9. The molecule has 0 fully saturated rings. The van der Waals surface area contributed by atoms with Crippen molar-refractivity contribution in [3.8, 4) is 22.3 Å². The molecule has 4 heterocycles. The second-order valence-corrected chi connectivity index (χ2v) is 30.4. The third-order valence-corrected chi connectivity index (χ3v) is 20.3. The van der Waals surface area contributed by atoms with Gasteiger partial charge in [0.25, 0.3) is 0 Å². The molecule has 0 saturated heterocycles. The molecular formula is C82H64B10N4. The Morgan fingerprint density at radius 2 is 0.583 bits per heavy atom. The Labute approximate surface area is 577 Å². The molecule has 0 N–H and O–H groups in total. The van der Waals surface area contributed by atoms with Crippen molar-refractivity contribution in [1.29, 1.82) is 0 Å². The summed E-state index contributed by atoms with van der Waals surface area (Å²) in [6.07, 6.45) is 0. The molecule has 20 radical (unpaired) electrons. The largest absolute Gasteiger partial charge is 0.309 e. The molecule has 14 heteroatoms. The summed E-state index contributed by atoms with van der Waals surface area (Å²) in [6, 6.07) is 62.1. The summed E-state index contributed by atoms with van der Waals surface area (Å²) in [5, 5.41) is 8.91. The smallest absolute Gasteiger partial charge is 0.113 e. The van der Waals surface area contributed by atoms with Crippen molar-refractivity contribution < 1.29 is 0 Å². The molecule has 0 saturated carbocycles. The third-order valence-electron chi connectivity index (χ3n) is 20.3. The molecule has 0 aliphatic rings. The van der Waals surface area contributed by atoms with Crippen molar-refractivity contribution in [1.82, 2.24) is 8.80 Å². The summed E-state index contributed by atoms with van der Waals surface area (Å²) in [5.41, 5.74) is 20.8. The zero-order valence-electron chi connectivity index (χ0n) is 56.7. The first kappa shape index (κ1) is 63.3. The van der Waals surface area contributed by atoms with Gasteiger partial charge in [-0.2, -0.15) is 0 Å². The van der Waals surface area contributed by atoms with Crippen LogP contribution in [0, 0.1) is 0 Å². The van der Waals surface area contributed by atoms with Crippen molar-refractivity contribution in [3.63, 3.8) is 0 Å². The number of hydrogen-bond acceptors (Lipinski definition) is 2. The van der Waals surface area contributed by atoms with Crippen molar-refractivity contribution in [3.05, 3.63) is 192 Å². The molecule has 442 valence electrons. The number of nitrogens with zero attached hydrogens (tertiary/aromatic N) is 4. The van der Waals surface area contributed by atoms with Gasteiger partial charge in [-0.1, -0.05) is 190 Å². The number of para-hydroxylation sites is 2. The molecule has 0 unspecified atom stereocenters. The zero-order valence-corrected chi connectivity index (χ0v) is 56.7. The van der Waals surface area contributed by atoms with Gasteiger partial charge in [0.1, 0.15) is 78.5 Å². The van der Waals surface area contributed by atoms with E-state index in [1.165, 1.54) is 22.3 Å². The van der Waals surface area contributed by atoms with Gasteiger partial charge in [-0.05, 0) is 140 Å². The van der Waals surface area contributed by atoms with Crippen molar-refractivity contribution >= 4 is 243 Å². The van der Waals surface area contributed by atoms with Crippen LogP contribution in [0.1, 0.15) is 105 Å². The standard InChI is InChI=1S/C82H64B10N4/c1-79(2,3)41-19-17-21-45(35-41)93(55-25-15-13-23-49(55)65-67(83)71(87)75(91)72(88)68(65)84)59-33-29-47-51-39-62-52(40-61(51)95-57-31-27-43(81(7,8)9)37-53(57)63(59)77(47)95)48-30-34-60(64-54-38-44(82(10,11)12)28-32-58(54)96(62)78(48)64)94(46-22-18-20-42(36-46)80(4,5)6)56-26-16-14-24-50(56)66-69(85)73(89)76(92)74(90)70(66)86/h13-40H,1-12H3. The highest BCUT2D eigenvalue weighted by Gasteiger charge is 2.33. The molecule has 15 rings (SSSR count). The van der Waals surface area contributed by atoms with Gasteiger partial charge in [-0.3, -0.25) is 0 Å². The molecule has 4 nitrogen and oxygen atoms in total. The minimum atomic E-state index is -0.181. The predicted molar refractivity (Wildman–Crippen MR) is 425 cm³/mol. The van der Waals surface area contributed by atoms with Gasteiger partial charge in [-0.25, -0.2) is 0 Å². The van der Waals surface area contributed by atoms with Gasteiger partial charge < -0.3 is 18.6 Å². The molecular weight excluding hydrogens is 1150 g/mol. The molecule has 15 aromatic rings. The van der Waals surface area contributed by atoms with Gasteiger partial charge >= 0.3 is 0 Å². The van der Waals surface area contributed by atoms with Crippen LogP contribution in [-0.4, -0.2) is 87.3 Å². The summed E-state index contributed by atoms with van der Waals surface area (Å²) in [5.74, 6) is 0. The maximum atomic E-state index is 7.01. The topological polar surface area (TPSA) is 15.3 Å². The van der Waals surface area contributed by atoms with E-state index in [0.29, 0.717) is 11.1 Å². The Balaban J connectivity index is 1.06. The average molecular weight is 1210 g/mol. The normalized spacial score (nSPS) is 12.8. The summed E-state index contributed by atoms with van der Waals surface area (Å²) in [6.45, 7) is 27.1.